The summed E-state index contributed by atoms with van der Waals surface area (Å²) in [6.07, 6.45) is 6.72. The molecular weight excluding hydrogens is 238 g/mol. The van der Waals surface area contributed by atoms with E-state index < -0.39 is 0 Å². The summed E-state index contributed by atoms with van der Waals surface area (Å²) in [7, 11) is 0. The van der Waals surface area contributed by atoms with Crippen molar-refractivity contribution >= 4 is 0 Å². The molecule has 3 rings (SSSR count). The molecule has 1 aromatic carbocycles. The summed E-state index contributed by atoms with van der Waals surface area (Å²) in [4.78, 5) is 0. The van der Waals surface area contributed by atoms with E-state index in [2.05, 4.69) is 25.1 Å². The van der Waals surface area contributed by atoms with Crippen LogP contribution < -0.4 is 15.2 Å². The first-order chi connectivity index (χ1) is 9.22. The van der Waals surface area contributed by atoms with Crippen molar-refractivity contribution < 1.29 is 9.47 Å². The molecule has 0 aromatic heterocycles. The summed E-state index contributed by atoms with van der Waals surface area (Å²) in [5.41, 5.74) is 6.93. The Bertz CT molecular complexity index is 452. The molecular formula is C16H23NO2. The number of nitrogens with two attached hydrogens (primary N) is 1. The van der Waals surface area contributed by atoms with Crippen LogP contribution in [0.5, 0.6) is 11.5 Å². The highest BCUT2D eigenvalue weighted by Crippen LogP contribution is 2.46. The minimum absolute atomic E-state index is 0.365. The second-order valence-corrected chi connectivity index (χ2v) is 5.86. The smallest absolute Gasteiger partial charge is 0.251 e. The van der Waals surface area contributed by atoms with Gasteiger partial charge in [0.05, 0.1) is 0 Å². The molecule has 2 N–H and O–H groups in total. The summed E-state index contributed by atoms with van der Waals surface area (Å²) >= 11 is 0. The third-order valence-electron chi connectivity index (χ3n) is 4.34. The zero-order chi connectivity index (χ0) is 13.3. The van der Waals surface area contributed by atoms with Crippen molar-refractivity contribution in [3.05, 3.63) is 23.8 Å². The van der Waals surface area contributed by atoms with E-state index in [1.165, 1.54) is 24.8 Å². The normalized spacial score (nSPS) is 21.6. The van der Waals surface area contributed by atoms with Crippen LogP contribution in [-0.4, -0.2) is 12.3 Å². The number of ether oxygens (including phenoxy) is 2. The van der Waals surface area contributed by atoms with E-state index in [9.17, 15) is 0 Å². The molecule has 0 amide bonds. The lowest BCUT2D eigenvalue weighted by atomic mass is 9.94. The van der Waals surface area contributed by atoms with E-state index in [0.717, 1.165) is 37.3 Å². The van der Waals surface area contributed by atoms with Gasteiger partial charge in [-0.15, -0.1) is 0 Å². The van der Waals surface area contributed by atoms with Gasteiger partial charge in [0.15, 0.2) is 11.5 Å². The average molecular weight is 261 g/mol. The van der Waals surface area contributed by atoms with Crippen molar-refractivity contribution in [2.75, 3.05) is 6.54 Å². The van der Waals surface area contributed by atoms with E-state index in [1.807, 2.05) is 0 Å². The third-order valence-corrected chi connectivity index (χ3v) is 4.34. The van der Waals surface area contributed by atoms with Gasteiger partial charge < -0.3 is 15.2 Å². The maximum absolute atomic E-state index is 6.15. The van der Waals surface area contributed by atoms with Crippen molar-refractivity contribution in [1.82, 2.24) is 0 Å². The van der Waals surface area contributed by atoms with Crippen LogP contribution in [0, 0.1) is 0 Å². The lowest BCUT2D eigenvalue weighted by Crippen LogP contribution is -2.40. The number of benzene rings is 1. The van der Waals surface area contributed by atoms with Gasteiger partial charge in [-0.25, -0.2) is 0 Å². The third kappa shape index (κ3) is 2.44. The number of fused-ring (bicyclic) bond motifs is 1. The predicted octanol–water partition coefficient (Wildman–Crippen LogP) is 3.57. The van der Waals surface area contributed by atoms with E-state index in [-0.39, 0.29) is 5.79 Å². The molecule has 0 bridgehead atoms. The zero-order valence-corrected chi connectivity index (χ0v) is 11.7. The van der Waals surface area contributed by atoms with Gasteiger partial charge in [0, 0.05) is 12.8 Å². The van der Waals surface area contributed by atoms with Crippen molar-refractivity contribution in [2.24, 2.45) is 5.73 Å². The molecule has 1 aromatic rings. The molecule has 19 heavy (non-hydrogen) atoms. The van der Waals surface area contributed by atoms with Gasteiger partial charge in [0.1, 0.15) is 0 Å². The van der Waals surface area contributed by atoms with Gasteiger partial charge in [-0.1, -0.05) is 19.4 Å². The lowest BCUT2D eigenvalue weighted by molar-refractivity contribution is -0.105. The number of hydrogen-bond donors (Lipinski definition) is 1. The van der Waals surface area contributed by atoms with Crippen molar-refractivity contribution in [3.63, 3.8) is 0 Å². The van der Waals surface area contributed by atoms with Crippen molar-refractivity contribution in [1.29, 1.82) is 0 Å². The van der Waals surface area contributed by atoms with E-state index in [4.69, 9.17) is 15.2 Å². The number of hydrogen-bond acceptors (Lipinski definition) is 3. The Labute approximate surface area is 115 Å². The van der Waals surface area contributed by atoms with E-state index in [0.29, 0.717) is 5.92 Å². The molecule has 1 atom stereocenters. The maximum Gasteiger partial charge on any atom is 0.251 e. The van der Waals surface area contributed by atoms with E-state index >= 15 is 0 Å². The second kappa shape index (κ2) is 5.04. The summed E-state index contributed by atoms with van der Waals surface area (Å²) in [5, 5.41) is 0. The van der Waals surface area contributed by atoms with Gasteiger partial charge >= 0.3 is 0 Å². The highest BCUT2D eigenvalue weighted by molar-refractivity contribution is 5.46. The first kappa shape index (κ1) is 12.8. The van der Waals surface area contributed by atoms with Gasteiger partial charge in [-0.3, -0.25) is 0 Å². The molecule has 104 valence electrons. The maximum atomic E-state index is 6.15. The molecule has 1 spiro atoms. The zero-order valence-electron chi connectivity index (χ0n) is 11.7. The van der Waals surface area contributed by atoms with Gasteiger partial charge in [0.2, 0.25) is 0 Å². The van der Waals surface area contributed by atoms with Crippen LogP contribution in [-0.2, 0) is 0 Å². The highest BCUT2D eigenvalue weighted by atomic mass is 16.7. The second-order valence-electron chi connectivity index (χ2n) is 5.86. The molecule has 3 heteroatoms. The molecule has 1 fully saturated rings. The van der Waals surface area contributed by atoms with Crippen LogP contribution in [0.25, 0.3) is 0 Å². The average Bonchev–Trinajstić information content (AvgIpc) is 2.76. The molecule has 1 aliphatic heterocycles. The molecule has 0 radical (unpaired) electrons. The Morgan fingerprint density at radius 2 is 1.89 bits per heavy atom. The summed E-state index contributed by atoms with van der Waals surface area (Å²) < 4.78 is 12.2. The first-order valence-corrected chi connectivity index (χ1v) is 7.44. The minimum atomic E-state index is -0.365. The molecule has 3 nitrogen and oxygen atoms in total. The Morgan fingerprint density at radius 1 is 1.16 bits per heavy atom. The number of rotatable bonds is 3. The summed E-state index contributed by atoms with van der Waals surface area (Å²) in [6.45, 7) is 2.93. The Hall–Kier alpha value is -1.22. The summed E-state index contributed by atoms with van der Waals surface area (Å²) in [6, 6.07) is 6.34. The predicted molar refractivity (Wildman–Crippen MR) is 75.6 cm³/mol. The van der Waals surface area contributed by atoms with Crippen LogP contribution in [0.1, 0.15) is 56.9 Å². The Balaban J connectivity index is 1.79. The Morgan fingerprint density at radius 3 is 2.63 bits per heavy atom. The fourth-order valence-corrected chi connectivity index (χ4v) is 3.13. The Kier molecular flexibility index (Phi) is 3.40. The minimum Gasteiger partial charge on any atom is -0.448 e. The standard InChI is InChI=1S/C16H23NO2/c1-12(7-10-17)13-5-6-14-15(11-13)19-16(18-14)8-3-2-4-9-16/h5-6,11-12H,2-4,7-10,17H2,1H3. The van der Waals surface area contributed by atoms with E-state index in [1.54, 1.807) is 0 Å². The van der Waals surface area contributed by atoms with Crippen molar-refractivity contribution in [2.45, 2.75) is 57.2 Å². The van der Waals surface area contributed by atoms with Crippen LogP contribution in [0.15, 0.2) is 18.2 Å². The van der Waals surface area contributed by atoms with Crippen LogP contribution in [0.4, 0.5) is 0 Å². The molecule has 0 saturated heterocycles. The lowest BCUT2D eigenvalue weighted by Gasteiger charge is -2.31. The first-order valence-electron chi connectivity index (χ1n) is 7.44. The van der Waals surface area contributed by atoms with Crippen LogP contribution in [0.2, 0.25) is 0 Å². The molecule has 2 aliphatic rings. The van der Waals surface area contributed by atoms with Gasteiger partial charge in [-0.2, -0.15) is 0 Å². The largest absolute Gasteiger partial charge is 0.448 e. The summed E-state index contributed by atoms with van der Waals surface area (Å²) in [5.74, 6) is 1.94. The SMILES string of the molecule is CC(CCN)c1ccc2c(c1)OC1(CCCCC1)O2. The van der Waals surface area contributed by atoms with Gasteiger partial charge in [0.25, 0.3) is 5.79 Å². The molecule has 1 aliphatic carbocycles. The fourth-order valence-electron chi connectivity index (χ4n) is 3.13. The monoisotopic (exact) mass is 261 g/mol. The highest BCUT2D eigenvalue weighted by Gasteiger charge is 2.42. The topological polar surface area (TPSA) is 44.5 Å². The molecule has 1 heterocycles. The fraction of sp³-hybridized carbons (Fsp3) is 0.625. The molecule has 1 saturated carbocycles. The quantitative estimate of drug-likeness (QED) is 0.904. The van der Waals surface area contributed by atoms with Gasteiger partial charge in [-0.05, 0) is 49.4 Å². The van der Waals surface area contributed by atoms with Crippen molar-refractivity contribution in [3.8, 4) is 11.5 Å². The van der Waals surface area contributed by atoms with Crippen LogP contribution in [0.3, 0.4) is 0 Å². The molecule has 1 unspecified atom stereocenters. The van der Waals surface area contributed by atoms with Crippen LogP contribution >= 0.6 is 0 Å².